The number of benzene rings is 2. The third-order valence-corrected chi connectivity index (χ3v) is 5.64. The molecule has 0 aliphatic carbocycles. The zero-order valence-corrected chi connectivity index (χ0v) is 18.1. The average molecular weight is 385 g/mol. The van der Waals surface area contributed by atoms with Crippen LogP contribution in [0.2, 0.25) is 13.1 Å². The van der Waals surface area contributed by atoms with Gasteiger partial charge >= 0.3 is 0 Å². The Morgan fingerprint density at radius 3 is 2.26 bits per heavy atom. The van der Waals surface area contributed by atoms with Gasteiger partial charge in [0.05, 0.1) is 11.3 Å². The van der Waals surface area contributed by atoms with E-state index in [9.17, 15) is 4.79 Å². The van der Waals surface area contributed by atoms with Crippen LogP contribution in [-0.4, -0.2) is 15.5 Å². The van der Waals surface area contributed by atoms with Gasteiger partial charge in [-0.15, -0.1) is 0 Å². The first-order chi connectivity index (χ1) is 12.7. The first-order valence-corrected chi connectivity index (χ1v) is 11.6. The van der Waals surface area contributed by atoms with Crippen molar-refractivity contribution in [1.29, 1.82) is 0 Å². The molecular formula is C22H30NO3Si. The molecule has 0 spiro atoms. The lowest BCUT2D eigenvalue weighted by atomic mass is 9.73. The molecule has 1 atom stereocenters. The summed E-state index contributed by atoms with van der Waals surface area (Å²) in [7, 11) is -0.922. The molecule has 0 heterocycles. The van der Waals surface area contributed by atoms with Crippen LogP contribution in [0, 0.1) is 5.41 Å². The summed E-state index contributed by atoms with van der Waals surface area (Å²) in [6, 6.07) is 15.9. The van der Waals surface area contributed by atoms with Gasteiger partial charge in [-0.1, -0.05) is 57.2 Å². The van der Waals surface area contributed by atoms with Gasteiger partial charge in [-0.3, -0.25) is 4.79 Å². The third kappa shape index (κ3) is 5.21. The molecule has 0 saturated carbocycles. The smallest absolute Gasteiger partial charge is 0.211 e. The number of carbonyl (C=O) groups excluding carboxylic acids is 1. The lowest BCUT2D eigenvalue weighted by Crippen LogP contribution is -2.42. The number of hydrogen-bond acceptors (Lipinski definition) is 3. The third-order valence-electron chi connectivity index (χ3n) is 4.82. The molecule has 1 amide bonds. The molecular weight excluding hydrogens is 354 g/mol. The van der Waals surface area contributed by atoms with Crippen LogP contribution in [0.3, 0.4) is 0 Å². The number of nitrogens with one attached hydrogen (secondary N) is 1. The van der Waals surface area contributed by atoms with Crippen LogP contribution in [0.15, 0.2) is 48.5 Å². The molecule has 0 fully saturated rings. The minimum atomic E-state index is -0.922. The van der Waals surface area contributed by atoms with Crippen LogP contribution in [0.1, 0.15) is 38.8 Å². The summed E-state index contributed by atoms with van der Waals surface area (Å²) in [6.07, 6.45) is 0.679. The molecule has 145 valence electrons. The molecule has 0 aliphatic heterocycles. The second-order valence-corrected chi connectivity index (χ2v) is 10.1. The maximum atomic E-state index is 11.1. The van der Waals surface area contributed by atoms with Crippen molar-refractivity contribution in [3.63, 3.8) is 0 Å². The molecule has 27 heavy (non-hydrogen) atoms. The van der Waals surface area contributed by atoms with Crippen LogP contribution in [0.25, 0.3) is 0 Å². The summed E-state index contributed by atoms with van der Waals surface area (Å²) < 4.78 is 12.4. The van der Waals surface area contributed by atoms with Gasteiger partial charge in [0.15, 0.2) is 0 Å². The maximum Gasteiger partial charge on any atom is 0.211 e. The lowest BCUT2D eigenvalue weighted by Gasteiger charge is -2.44. The molecule has 2 aromatic carbocycles. The predicted octanol–water partition coefficient (Wildman–Crippen LogP) is 5.36. The minimum absolute atomic E-state index is 0.111. The molecule has 0 bridgehead atoms. The maximum absolute atomic E-state index is 11.1. The molecule has 1 radical (unpaired) electrons. The molecule has 0 aromatic heterocycles. The summed E-state index contributed by atoms with van der Waals surface area (Å²) in [5.41, 5.74) is 2.17. The van der Waals surface area contributed by atoms with E-state index < -0.39 is 14.6 Å². The normalized spacial score (nSPS) is 13.9. The van der Waals surface area contributed by atoms with Gasteiger partial charge in [0.25, 0.3) is 0 Å². The van der Waals surface area contributed by atoms with Gasteiger partial charge in [0.2, 0.25) is 15.5 Å². The first kappa shape index (κ1) is 21.2. The van der Waals surface area contributed by atoms with E-state index in [2.05, 4.69) is 46.1 Å². The fourth-order valence-corrected chi connectivity index (χ4v) is 4.16. The van der Waals surface area contributed by atoms with Gasteiger partial charge in [0, 0.05) is 0 Å². The number of anilines is 1. The van der Waals surface area contributed by atoms with Crippen molar-refractivity contribution in [2.24, 2.45) is 5.41 Å². The molecule has 2 rings (SSSR count). The fourth-order valence-electron chi connectivity index (χ4n) is 2.92. The van der Waals surface area contributed by atoms with Crippen molar-refractivity contribution in [3.05, 3.63) is 59.7 Å². The second-order valence-electron chi connectivity index (χ2n) is 8.04. The highest BCUT2D eigenvalue weighted by atomic mass is 28.3. The van der Waals surface area contributed by atoms with E-state index in [-0.39, 0.29) is 5.41 Å². The van der Waals surface area contributed by atoms with Gasteiger partial charge in [-0.2, -0.15) is 0 Å². The summed E-state index contributed by atoms with van der Waals surface area (Å²) in [6.45, 7) is 13.3. The van der Waals surface area contributed by atoms with Gasteiger partial charge in [-0.25, -0.2) is 0 Å². The van der Waals surface area contributed by atoms with E-state index >= 15 is 0 Å². The Bertz CT molecular complexity index is 756. The number of hydrogen-bond donors (Lipinski definition) is 1. The van der Waals surface area contributed by atoms with E-state index in [1.54, 1.807) is 0 Å². The van der Waals surface area contributed by atoms with Crippen LogP contribution >= 0.6 is 0 Å². The number of carbonyl (C=O) groups is 1. The first-order valence-electron chi connectivity index (χ1n) is 9.18. The quantitative estimate of drug-likeness (QED) is 0.492. The number of rotatable bonds is 8. The zero-order chi connectivity index (χ0) is 20.1. The van der Waals surface area contributed by atoms with E-state index in [0.717, 1.165) is 11.1 Å². The average Bonchev–Trinajstić information content (AvgIpc) is 2.60. The van der Waals surface area contributed by atoms with Crippen LogP contribution in [-0.2, 0) is 21.4 Å². The highest BCUT2D eigenvalue weighted by Gasteiger charge is 2.41. The summed E-state index contributed by atoms with van der Waals surface area (Å²) in [5.74, 6) is 0.643. The topological polar surface area (TPSA) is 47.6 Å². The SMILES string of the molecule is C[Si](C)OC(C)(c1ccc(OCc2ccccc2)c(NC=O)c1)C(C)(C)C. The molecule has 1 N–H and O–H groups in total. The largest absolute Gasteiger partial charge is 0.487 e. The van der Waals surface area contributed by atoms with Gasteiger partial charge in [-0.05, 0) is 48.7 Å². The summed E-state index contributed by atoms with van der Waals surface area (Å²) >= 11 is 0. The van der Waals surface area contributed by atoms with E-state index in [1.165, 1.54) is 0 Å². The molecule has 5 heteroatoms. The van der Waals surface area contributed by atoms with Crippen molar-refractivity contribution < 1.29 is 14.0 Å². The Hall–Kier alpha value is -2.11. The Morgan fingerprint density at radius 1 is 1.04 bits per heavy atom. The van der Waals surface area contributed by atoms with E-state index in [1.807, 2.05) is 48.5 Å². The minimum Gasteiger partial charge on any atom is -0.487 e. The van der Waals surface area contributed by atoms with Crippen molar-refractivity contribution in [2.45, 2.75) is 53.0 Å². The lowest BCUT2D eigenvalue weighted by molar-refractivity contribution is -0.105. The Balaban J connectivity index is 2.36. The Morgan fingerprint density at radius 2 is 1.70 bits per heavy atom. The summed E-state index contributed by atoms with van der Waals surface area (Å²) in [4.78, 5) is 11.1. The molecule has 4 nitrogen and oxygen atoms in total. The monoisotopic (exact) mass is 384 g/mol. The van der Waals surface area contributed by atoms with Crippen molar-refractivity contribution in [3.8, 4) is 5.75 Å². The number of amides is 1. The Labute approximate surface area is 164 Å². The predicted molar refractivity (Wildman–Crippen MR) is 112 cm³/mol. The number of ether oxygens (including phenoxy) is 1. The van der Waals surface area contributed by atoms with Crippen molar-refractivity contribution in [2.75, 3.05) is 5.32 Å². The molecule has 2 aromatic rings. The second kappa shape index (κ2) is 8.72. The standard InChI is InChI=1S/C22H30NO3Si/c1-21(2,3)22(4,26-27(5)6)18-12-13-20(19(14-18)23-16-24)25-15-17-10-8-7-9-11-17/h7-14,16H,15H2,1-6H3,(H,23,24). The summed E-state index contributed by atoms with van der Waals surface area (Å²) in [5, 5.41) is 2.78. The van der Waals surface area contributed by atoms with E-state index in [4.69, 9.17) is 9.16 Å². The van der Waals surface area contributed by atoms with Crippen molar-refractivity contribution >= 4 is 21.1 Å². The zero-order valence-electron chi connectivity index (χ0n) is 17.1. The highest BCUT2D eigenvalue weighted by Crippen LogP contribution is 2.44. The Kier molecular flexibility index (Phi) is 6.84. The molecule has 0 saturated heterocycles. The van der Waals surface area contributed by atoms with Gasteiger partial charge < -0.3 is 14.5 Å². The molecule has 1 unspecified atom stereocenters. The van der Waals surface area contributed by atoms with Gasteiger partial charge in [0.1, 0.15) is 12.4 Å². The van der Waals surface area contributed by atoms with Crippen LogP contribution in [0.5, 0.6) is 5.75 Å². The highest BCUT2D eigenvalue weighted by molar-refractivity contribution is 6.48. The van der Waals surface area contributed by atoms with E-state index in [0.29, 0.717) is 24.5 Å². The van der Waals surface area contributed by atoms with Crippen LogP contribution < -0.4 is 10.1 Å². The van der Waals surface area contributed by atoms with Crippen LogP contribution in [0.4, 0.5) is 5.69 Å². The van der Waals surface area contributed by atoms with Crippen molar-refractivity contribution in [1.82, 2.24) is 0 Å². The fraction of sp³-hybridized carbons (Fsp3) is 0.409. The molecule has 0 aliphatic rings.